The van der Waals surface area contributed by atoms with E-state index in [2.05, 4.69) is 21.2 Å². The normalized spacial score (nSPS) is 10.3. The lowest BCUT2D eigenvalue weighted by molar-refractivity contribution is 0.102. The van der Waals surface area contributed by atoms with Crippen molar-refractivity contribution in [3.8, 4) is 0 Å². The van der Waals surface area contributed by atoms with Gasteiger partial charge in [0.15, 0.2) is 0 Å². The molecule has 2 aromatic rings. The van der Waals surface area contributed by atoms with Crippen molar-refractivity contribution in [3.05, 3.63) is 57.0 Å². The molecule has 0 saturated carbocycles. The van der Waals surface area contributed by atoms with Crippen LogP contribution >= 0.6 is 27.5 Å². The first-order valence-electron chi connectivity index (χ1n) is 6.42. The summed E-state index contributed by atoms with van der Waals surface area (Å²) in [6.45, 7) is 1.95. The molecule has 0 spiro atoms. The lowest BCUT2D eigenvalue weighted by Crippen LogP contribution is -2.16. The van der Waals surface area contributed by atoms with Gasteiger partial charge in [0, 0.05) is 29.2 Å². The Kier molecular flexibility index (Phi) is 4.91. The maximum Gasteiger partial charge on any atom is 0.255 e. The fourth-order valence-electron chi connectivity index (χ4n) is 2.06. The average Bonchev–Trinajstić information content (AvgIpc) is 2.37. The molecule has 0 saturated heterocycles. The molecule has 5 heteroatoms. The lowest BCUT2D eigenvalue weighted by atomic mass is 10.1. The first-order valence-corrected chi connectivity index (χ1v) is 7.59. The maximum atomic E-state index is 12.4. The van der Waals surface area contributed by atoms with Gasteiger partial charge in [-0.1, -0.05) is 27.5 Å². The van der Waals surface area contributed by atoms with Crippen LogP contribution < -0.4 is 10.2 Å². The summed E-state index contributed by atoms with van der Waals surface area (Å²) in [6, 6.07) is 11.0. The topological polar surface area (TPSA) is 32.3 Å². The van der Waals surface area contributed by atoms with Crippen molar-refractivity contribution in [3.63, 3.8) is 0 Å². The number of carbonyl (C=O) groups is 1. The number of benzene rings is 2. The summed E-state index contributed by atoms with van der Waals surface area (Å²) in [7, 11) is 3.84. The minimum absolute atomic E-state index is 0.162. The van der Waals surface area contributed by atoms with Gasteiger partial charge in [-0.3, -0.25) is 4.79 Å². The second kappa shape index (κ2) is 6.50. The Labute approximate surface area is 138 Å². The smallest absolute Gasteiger partial charge is 0.255 e. The fraction of sp³-hybridized carbons (Fsp3) is 0.188. The molecule has 3 nitrogen and oxygen atoms in total. The highest BCUT2D eigenvalue weighted by atomic mass is 79.9. The largest absolute Gasteiger partial charge is 0.376 e. The van der Waals surface area contributed by atoms with Crippen LogP contribution in [0.5, 0.6) is 0 Å². The number of halogens is 2. The molecule has 0 unspecified atom stereocenters. The van der Waals surface area contributed by atoms with Gasteiger partial charge in [-0.25, -0.2) is 0 Å². The van der Waals surface area contributed by atoms with Crippen molar-refractivity contribution in [1.29, 1.82) is 0 Å². The van der Waals surface area contributed by atoms with E-state index in [4.69, 9.17) is 11.6 Å². The number of carbonyl (C=O) groups excluding carboxylic acids is 1. The quantitative estimate of drug-likeness (QED) is 0.850. The van der Waals surface area contributed by atoms with E-state index in [1.54, 1.807) is 18.2 Å². The summed E-state index contributed by atoms with van der Waals surface area (Å²) in [5.74, 6) is -0.162. The molecule has 0 fully saturated rings. The first kappa shape index (κ1) is 15.9. The van der Waals surface area contributed by atoms with Crippen LogP contribution in [0.2, 0.25) is 5.02 Å². The molecular weight excluding hydrogens is 352 g/mol. The Morgan fingerprint density at radius 2 is 1.90 bits per heavy atom. The zero-order valence-electron chi connectivity index (χ0n) is 12.1. The first-order chi connectivity index (χ1) is 9.86. The van der Waals surface area contributed by atoms with Gasteiger partial charge in [0.2, 0.25) is 0 Å². The van der Waals surface area contributed by atoms with E-state index in [-0.39, 0.29) is 5.91 Å². The third kappa shape index (κ3) is 3.99. The minimum Gasteiger partial charge on any atom is -0.376 e. The number of amides is 1. The monoisotopic (exact) mass is 366 g/mol. The Bertz CT molecular complexity index is 666. The molecule has 0 aliphatic carbocycles. The highest BCUT2D eigenvalue weighted by Gasteiger charge is 2.12. The van der Waals surface area contributed by atoms with Gasteiger partial charge < -0.3 is 10.2 Å². The highest BCUT2D eigenvalue weighted by Crippen LogP contribution is 2.28. The summed E-state index contributed by atoms with van der Waals surface area (Å²) in [5, 5.41) is 3.50. The van der Waals surface area contributed by atoms with E-state index in [1.807, 2.05) is 44.1 Å². The molecule has 2 rings (SSSR count). The van der Waals surface area contributed by atoms with Gasteiger partial charge in [-0.2, -0.15) is 0 Å². The van der Waals surface area contributed by atoms with Gasteiger partial charge in [0.25, 0.3) is 5.91 Å². The SMILES string of the molecule is Cc1cc(Br)cc(C(=O)Nc2cc(Cl)ccc2N(C)C)c1. The molecule has 110 valence electrons. The molecule has 0 atom stereocenters. The molecule has 0 bridgehead atoms. The highest BCUT2D eigenvalue weighted by molar-refractivity contribution is 9.10. The standard InChI is InChI=1S/C16H16BrClN2O/c1-10-6-11(8-12(17)7-10)16(21)19-14-9-13(18)4-5-15(14)20(2)3/h4-9H,1-3H3,(H,19,21). The molecule has 0 radical (unpaired) electrons. The van der Waals surface area contributed by atoms with Crippen molar-refractivity contribution in [2.45, 2.75) is 6.92 Å². The molecule has 21 heavy (non-hydrogen) atoms. The lowest BCUT2D eigenvalue weighted by Gasteiger charge is -2.18. The molecule has 0 aliphatic rings. The van der Waals surface area contributed by atoms with E-state index < -0.39 is 0 Å². The Morgan fingerprint density at radius 3 is 2.52 bits per heavy atom. The zero-order valence-corrected chi connectivity index (χ0v) is 14.4. The third-order valence-corrected chi connectivity index (χ3v) is 3.69. The van der Waals surface area contributed by atoms with Crippen LogP contribution in [0.4, 0.5) is 11.4 Å². The molecule has 1 amide bonds. The fourth-order valence-corrected chi connectivity index (χ4v) is 2.84. The van der Waals surface area contributed by atoms with Gasteiger partial charge in [0.05, 0.1) is 11.4 Å². The van der Waals surface area contributed by atoms with Gasteiger partial charge >= 0.3 is 0 Å². The minimum atomic E-state index is -0.162. The van der Waals surface area contributed by atoms with Crippen LogP contribution in [-0.4, -0.2) is 20.0 Å². The summed E-state index contributed by atoms with van der Waals surface area (Å²) < 4.78 is 0.881. The Balaban J connectivity index is 2.33. The van der Waals surface area contributed by atoms with Crippen LogP contribution in [0.15, 0.2) is 40.9 Å². The van der Waals surface area contributed by atoms with Crippen LogP contribution in [-0.2, 0) is 0 Å². The van der Waals surface area contributed by atoms with Crippen molar-refractivity contribution < 1.29 is 4.79 Å². The van der Waals surface area contributed by atoms with E-state index in [1.165, 1.54) is 0 Å². The summed E-state index contributed by atoms with van der Waals surface area (Å²) in [4.78, 5) is 14.3. The van der Waals surface area contributed by atoms with E-state index in [0.29, 0.717) is 16.3 Å². The van der Waals surface area contributed by atoms with Crippen molar-refractivity contribution in [2.75, 3.05) is 24.3 Å². The van der Waals surface area contributed by atoms with E-state index in [0.717, 1.165) is 15.7 Å². The summed E-state index contributed by atoms with van der Waals surface area (Å²) in [6.07, 6.45) is 0. The van der Waals surface area contributed by atoms with Crippen LogP contribution in [0.25, 0.3) is 0 Å². The number of hydrogen-bond donors (Lipinski definition) is 1. The second-order valence-corrected chi connectivity index (χ2v) is 6.38. The van der Waals surface area contributed by atoms with Crippen LogP contribution in [0.3, 0.4) is 0 Å². The number of rotatable bonds is 3. The maximum absolute atomic E-state index is 12.4. The number of anilines is 2. The van der Waals surface area contributed by atoms with Crippen molar-refractivity contribution in [2.24, 2.45) is 0 Å². The predicted molar refractivity (Wildman–Crippen MR) is 92.6 cm³/mol. The predicted octanol–water partition coefficient (Wildman–Crippen LogP) is 4.73. The second-order valence-electron chi connectivity index (χ2n) is 5.03. The van der Waals surface area contributed by atoms with Gasteiger partial charge in [0.1, 0.15) is 0 Å². The number of nitrogens with zero attached hydrogens (tertiary/aromatic N) is 1. The van der Waals surface area contributed by atoms with Crippen molar-refractivity contribution in [1.82, 2.24) is 0 Å². The van der Waals surface area contributed by atoms with Gasteiger partial charge in [-0.05, 0) is 48.9 Å². The summed E-state index contributed by atoms with van der Waals surface area (Å²) >= 11 is 9.43. The van der Waals surface area contributed by atoms with E-state index in [9.17, 15) is 4.79 Å². The van der Waals surface area contributed by atoms with Crippen LogP contribution in [0.1, 0.15) is 15.9 Å². The molecule has 2 aromatic carbocycles. The Morgan fingerprint density at radius 1 is 1.19 bits per heavy atom. The number of hydrogen-bond acceptors (Lipinski definition) is 2. The van der Waals surface area contributed by atoms with Crippen molar-refractivity contribution >= 4 is 44.8 Å². The molecule has 0 heterocycles. The zero-order chi connectivity index (χ0) is 15.6. The molecular formula is C16H16BrClN2O. The molecule has 0 aliphatic heterocycles. The third-order valence-electron chi connectivity index (χ3n) is 2.99. The average molecular weight is 368 g/mol. The molecule has 1 N–H and O–H groups in total. The number of aryl methyl sites for hydroxylation is 1. The summed E-state index contributed by atoms with van der Waals surface area (Å²) in [5.41, 5.74) is 3.22. The van der Waals surface area contributed by atoms with Crippen LogP contribution in [0, 0.1) is 6.92 Å². The Hall–Kier alpha value is -1.52. The van der Waals surface area contributed by atoms with Gasteiger partial charge in [-0.15, -0.1) is 0 Å². The van der Waals surface area contributed by atoms with E-state index >= 15 is 0 Å². The molecule has 0 aromatic heterocycles. The number of nitrogens with one attached hydrogen (secondary N) is 1.